The van der Waals surface area contributed by atoms with Gasteiger partial charge in [0.25, 0.3) is 0 Å². The van der Waals surface area contributed by atoms with Crippen molar-refractivity contribution in [1.82, 2.24) is 0 Å². The topological polar surface area (TPSA) is 37.3 Å². The predicted molar refractivity (Wildman–Crippen MR) is 48.0 cm³/mol. The summed E-state index contributed by atoms with van der Waals surface area (Å²) in [6.07, 6.45) is 4.81. The second kappa shape index (κ2) is 3.46. The largest absolute Gasteiger partial charge is 0.481 e. The number of carbonyl (C=O) groups is 1. The predicted octanol–water partition coefficient (Wildman–Crippen LogP) is 2.68. The summed E-state index contributed by atoms with van der Waals surface area (Å²) in [4.78, 5) is 10.6. The average molecular weight is 170 g/mol. The highest BCUT2D eigenvalue weighted by molar-refractivity contribution is 5.67. The minimum absolute atomic E-state index is 0.130. The first kappa shape index (κ1) is 9.56. The van der Waals surface area contributed by atoms with E-state index >= 15 is 0 Å². The normalized spacial score (nSPS) is 35.3. The van der Waals surface area contributed by atoms with Gasteiger partial charge in [-0.1, -0.05) is 20.3 Å². The zero-order valence-corrected chi connectivity index (χ0v) is 7.97. The van der Waals surface area contributed by atoms with E-state index in [-0.39, 0.29) is 5.41 Å². The van der Waals surface area contributed by atoms with Crippen LogP contribution in [-0.4, -0.2) is 11.1 Å². The van der Waals surface area contributed by atoms with Gasteiger partial charge >= 0.3 is 5.97 Å². The molecule has 0 spiro atoms. The number of carboxylic acids is 1. The summed E-state index contributed by atoms with van der Waals surface area (Å²) in [5.74, 6) is 0.0928. The Hall–Kier alpha value is -0.530. The quantitative estimate of drug-likeness (QED) is 0.707. The lowest BCUT2D eigenvalue weighted by atomic mass is 9.79. The summed E-state index contributed by atoms with van der Waals surface area (Å²) < 4.78 is 0. The van der Waals surface area contributed by atoms with Gasteiger partial charge in [0.1, 0.15) is 0 Å². The molecule has 0 amide bonds. The second-order valence-electron chi connectivity index (χ2n) is 4.27. The molecule has 1 aliphatic carbocycles. The molecule has 0 aromatic carbocycles. The fourth-order valence-corrected chi connectivity index (χ4v) is 2.42. The standard InChI is InChI=1S/C10H18O2/c1-3-10(7-9(11)12)5-4-8(2)6-10/h8H,3-7H2,1-2H3,(H,11,12). The van der Waals surface area contributed by atoms with Crippen LogP contribution < -0.4 is 0 Å². The van der Waals surface area contributed by atoms with Crippen LogP contribution in [-0.2, 0) is 4.79 Å². The van der Waals surface area contributed by atoms with Gasteiger partial charge < -0.3 is 5.11 Å². The fourth-order valence-electron chi connectivity index (χ4n) is 2.42. The molecule has 0 saturated heterocycles. The van der Waals surface area contributed by atoms with Crippen LogP contribution in [0.3, 0.4) is 0 Å². The summed E-state index contributed by atoms with van der Waals surface area (Å²) in [7, 11) is 0. The van der Waals surface area contributed by atoms with Crippen LogP contribution in [0.4, 0.5) is 0 Å². The summed E-state index contributed by atoms with van der Waals surface area (Å²) >= 11 is 0. The van der Waals surface area contributed by atoms with E-state index in [9.17, 15) is 4.79 Å². The summed E-state index contributed by atoms with van der Waals surface area (Å²) in [5, 5.41) is 8.76. The third-order valence-electron chi connectivity index (χ3n) is 3.23. The van der Waals surface area contributed by atoms with E-state index in [4.69, 9.17) is 5.11 Å². The van der Waals surface area contributed by atoms with Gasteiger partial charge in [-0.25, -0.2) is 0 Å². The van der Waals surface area contributed by atoms with Gasteiger partial charge in [-0.05, 0) is 30.6 Å². The number of rotatable bonds is 3. The van der Waals surface area contributed by atoms with E-state index in [1.54, 1.807) is 0 Å². The van der Waals surface area contributed by atoms with Gasteiger partial charge in [-0.3, -0.25) is 4.79 Å². The molecule has 2 atom stereocenters. The maximum absolute atomic E-state index is 10.6. The molecule has 0 aromatic rings. The van der Waals surface area contributed by atoms with Crippen molar-refractivity contribution in [3.05, 3.63) is 0 Å². The van der Waals surface area contributed by atoms with Gasteiger partial charge in [-0.2, -0.15) is 0 Å². The molecule has 0 aliphatic heterocycles. The molecular weight excluding hydrogens is 152 g/mol. The van der Waals surface area contributed by atoms with Crippen LogP contribution in [0.15, 0.2) is 0 Å². The molecular formula is C10H18O2. The van der Waals surface area contributed by atoms with Gasteiger partial charge in [0.15, 0.2) is 0 Å². The van der Waals surface area contributed by atoms with Crippen LogP contribution in [0, 0.1) is 11.3 Å². The van der Waals surface area contributed by atoms with Gasteiger partial charge in [0.05, 0.1) is 6.42 Å². The van der Waals surface area contributed by atoms with Crippen molar-refractivity contribution in [1.29, 1.82) is 0 Å². The lowest BCUT2D eigenvalue weighted by molar-refractivity contribution is -0.139. The maximum Gasteiger partial charge on any atom is 0.303 e. The maximum atomic E-state index is 10.6. The van der Waals surface area contributed by atoms with Crippen LogP contribution in [0.1, 0.15) is 46.0 Å². The number of aliphatic carboxylic acids is 1. The molecule has 1 N–H and O–H groups in total. The zero-order chi connectivity index (χ0) is 9.19. The van der Waals surface area contributed by atoms with Crippen molar-refractivity contribution in [2.24, 2.45) is 11.3 Å². The Labute approximate surface area is 74.0 Å². The SMILES string of the molecule is CCC1(CC(=O)O)CCC(C)C1. The van der Waals surface area contributed by atoms with E-state index in [1.807, 2.05) is 0 Å². The van der Waals surface area contributed by atoms with Crippen LogP contribution in [0.5, 0.6) is 0 Å². The molecule has 2 heteroatoms. The molecule has 2 unspecified atom stereocenters. The Kier molecular flexibility index (Phi) is 2.76. The summed E-state index contributed by atoms with van der Waals surface area (Å²) in [6, 6.07) is 0. The molecule has 0 aromatic heterocycles. The molecule has 1 rings (SSSR count). The highest BCUT2D eigenvalue weighted by Crippen LogP contribution is 2.46. The van der Waals surface area contributed by atoms with Crippen molar-refractivity contribution >= 4 is 5.97 Å². The first-order valence-corrected chi connectivity index (χ1v) is 4.80. The molecule has 1 saturated carbocycles. The Morgan fingerprint density at radius 1 is 1.67 bits per heavy atom. The molecule has 0 bridgehead atoms. The van der Waals surface area contributed by atoms with Crippen LogP contribution >= 0.6 is 0 Å². The average Bonchev–Trinajstić information content (AvgIpc) is 2.32. The van der Waals surface area contributed by atoms with Crippen molar-refractivity contribution in [2.75, 3.05) is 0 Å². The molecule has 0 heterocycles. The van der Waals surface area contributed by atoms with Crippen molar-refractivity contribution in [3.8, 4) is 0 Å². The van der Waals surface area contributed by atoms with E-state index in [2.05, 4.69) is 13.8 Å². The molecule has 1 fully saturated rings. The van der Waals surface area contributed by atoms with Crippen LogP contribution in [0.25, 0.3) is 0 Å². The van der Waals surface area contributed by atoms with Gasteiger partial charge in [-0.15, -0.1) is 0 Å². The molecule has 2 nitrogen and oxygen atoms in total. The first-order chi connectivity index (χ1) is 5.58. The van der Waals surface area contributed by atoms with Crippen molar-refractivity contribution < 1.29 is 9.90 Å². The highest BCUT2D eigenvalue weighted by Gasteiger charge is 2.37. The first-order valence-electron chi connectivity index (χ1n) is 4.80. The monoisotopic (exact) mass is 170 g/mol. The van der Waals surface area contributed by atoms with E-state index < -0.39 is 5.97 Å². The summed E-state index contributed by atoms with van der Waals surface area (Å²) in [5.41, 5.74) is 0.130. The third kappa shape index (κ3) is 1.99. The molecule has 1 aliphatic rings. The van der Waals surface area contributed by atoms with Crippen molar-refractivity contribution in [2.45, 2.75) is 46.0 Å². The Morgan fingerprint density at radius 2 is 2.33 bits per heavy atom. The molecule has 0 radical (unpaired) electrons. The Morgan fingerprint density at radius 3 is 2.67 bits per heavy atom. The van der Waals surface area contributed by atoms with Gasteiger partial charge in [0.2, 0.25) is 0 Å². The van der Waals surface area contributed by atoms with Crippen LogP contribution in [0.2, 0.25) is 0 Å². The fraction of sp³-hybridized carbons (Fsp3) is 0.900. The minimum atomic E-state index is -0.633. The molecule has 70 valence electrons. The van der Waals surface area contributed by atoms with Crippen molar-refractivity contribution in [3.63, 3.8) is 0 Å². The lowest BCUT2D eigenvalue weighted by Crippen LogP contribution is -2.20. The highest BCUT2D eigenvalue weighted by atomic mass is 16.4. The number of hydrogen-bond donors (Lipinski definition) is 1. The van der Waals surface area contributed by atoms with E-state index in [1.165, 1.54) is 6.42 Å². The van der Waals surface area contributed by atoms with Gasteiger partial charge in [0, 0.05) is 0 Å². The third-order valence-corrected chi connectivity index (χ3v) is 3.23. The number of hydrogen-bond acceptors (Lipinski definition) is 1. The minimum Gasteiger partial charge on any atom is -0.481 e. The van der Waals surface area contributed by atoms with E-state index in [0.29, 0.717) is 6.42 Å². The lowest BCUT2D eigenvalue weighted by Gasteiger charge is -2.25. The summed E-state index contributed by atoms with van der Waals surface area (Å²) in [6.45, 7) is 4.33. The Bertz CT molecular complexity index is 177. The second-order valence-corrected chi connectivity index (χ2v) is 4.27. The smallest absolute Gasteiger partial charge is 0.303 e. The zero-order valence-electron chi connectivity index (χ0n) is 7.97. The Balaban J connectivity index is 2.58. The molecule has 12 heavy (non-hydrogen) atoms. The van der Waals surface area contributed by atoms with E-state index in [0.717, 1.165) is 25.2 Å². The number of carboxylic acid groups (broad SMARTS) is 1.